The zero-order chi connectivity index (χ0) is 13.9. The first-order valence-corrected chi connectivity index (χ1v) is 7.05. The summed E-state index contributed by atoms with van der Waals surface area (Å²) in [6.07, 6.45) is 5.62. The van der Waals surface area contributed by atoms with E-state index < -0.39 is 0 Å². The number of nitrogens with one attached hydrogen (secondary N) is 2. The monoisotopic (exact) mass is 273 g/mol. The van der Waals surface area contributed by atoms with Gasteiger partial charge in [0.25, 0.3) is 0 Å². The average Bonchev–Trinajstić information content (AvgIpc) is 2.92. The summed E-state index contributed by atoms with van der Waals surface area (Å²) in [7, 11) is 0. The zero-order valence-electron chi connectivity index (χ0n) is 11.6. The predicted octanol–water partition coefficient (Wildman–Crippen LogP) is 2.38. The quantitative estimate of drug-likeness (QED) is 0.848. The summed E-state index contributed by atoms with van der Waals surface area (Å²) < 4.78 is 5.78. The topological polar surface area (TPSA) is 70.9 Å². The molecule has 1 aliphatic rings. The molecule has 1 aliphatic carbocycles. The number of aromatic nitrogens is 2. The minimum Gasteiger partial charge on any atom is -0.466 e. The third kappa shape index (κ3) is 3.10. The number of carbonyl (C=O) groups excluding carboxylic acids is 1. The van der Waals surface area contributed by atoms with Crippen molar-refractivity contribution in [1.82, 2.24) is 15.3 Å². The molecule has 0 saturated heterocycles. The fourth-order valence-corrected chi connectivity index (χ4v) is 2.35. The first-order chi connectivity index (χ1) is 9.72. The molecule has 20 heavy (non-hydrogen) atoms. The molecule has 0 spiro atoms. The summed E-state index contributed by atoms with van der Waals surface area (Å²) in [5.41, 5.74) is 0.904. The van der Waals surface area contributed by atoms with Crippen LogP contribution in [-0.4, -0.2) is 15.9 Å². The van der Waals surface area contributed by atoms with Crippen molar-refractivity contribution < 1.29 is 9.21 Å². The Hall–Kier alpha value is -2.04. The largest absolute Gasteiger partial charge is 0.466 e. The molecule has 5 nitrogen and oxygen atoms in total. The molecule has 0 aliphatic heterocycles. The number of imidazole rings is 1. The van der Waals surface area contributed by atoms with E-state index in [4.69, 9.17) is 4.42 Å². The van der Waals surface area contributed by atoms with E-state index >= 15 is 0 Å². The first kappa shape index (κ1) is 13.0. The van der Waals surface area contributed by atoms with Crippen molar-refractivity contribution in [3.63, 3.8) is 0 Å². The van der Waals surface area contributed by atoms with Crippen LogP contribution in [0.5, 0.6) is 0 Å². The normalized spacial score (nSPS) is 20.9. The van der Waals surface area contributed by atoms with E-state index in [0.717, 1.165) is 23.1 Å². The highest BCUT2D eigenvalue weighted by atomic mass is 16.3. The van der Waals surface area contributed by atoms with Crippen molar-refractivity contribution in [2.45, 2.75) is 38.6 Å². The van der Waals surface area contributed by atoms with Crippen molar-refractivity contribution in [3.8, 4) is 0 Å². The number of rotatable bonds is 6. The first-order valence-electron chi connectivity index (χ1n) is 7.05. The van der Waals surface area contributed by atoms with Gasteiger partial charge in [0.15, 0.2) is 0 Å². The second kappa shape index (κ2) is 5.53. The van der Waals surface area contributed by atoms with Crippen LogP contribution in [0.1, 0.15) is 42.9 Å². The maximum Gasteiger partial charge on any atom is 0.220 e. The number of hydrogen-bond donors (Lipinski definition) is 2. The van der Waals surface area contributed by atoms with Crippen LogP contribution in [0.25, 0.3) is 0 Å². The molecule has 0 aromatic carbocycles. The number of amides is 1. The molecule has 2 atom stereocenters. The number of aromatic amines is 1. The highest BCUT2D eigenvalue weighted by Gasteiger charge is 2.36. The maximum atomic E-state index is 11.7. The molecule has 1 amide bonds. The molecule has 1 saturated carbocycles. The van der Waals surface area contributed by atoms with Gasteiger partial charge in [-0.15, -0.1) is 0 Å². The average molecular weight is 273 g/mol. The Balaban J connectivity index is 1.42. The van der Waals surface area contributed by atoms with E-state index in [1.807, 2.05) is 12.1 Å². The number of furan rings is 1. The summed E-state index contributed by atoms with van der Waals surface area (Å²) in [6, 6.07) is 4.04. The Kier molecular flexibility index (Phi) is 3.58. The van der Waals surface area contributed by atoms with Gasteiger partial charge in [-0.1, -0.05) is 6.92 Å². The van der Waals surface area contributed by atoms with Crippen LogP contribution in [0, 0.1) is 5.92 Å². The predicted molar refractivity (Wildman–Crippen MR) is 74.0 cm³/mol. The second-order valence-electron chi connectivity index (χ2n) is 5.48. The van der Waals surface area contributed by atoms with Gasteiger partial charge in [0.2, 0.25) is 5.91 Å². The van der Waals surface area contributed by atoms with Crippen LogP contribution in [0.2, 0.25) is 0 Å². The number of H-pyrrole nitrogens is 1. The summed E-state index contributed by atoms with van der Waals surface area (Å²) in [5, 5.41) is 2.85. The van der Waals surface area contributed by atoms with Crippen LogP contribution in [0.15, 0.2) is 29.1 Å². The van der Waals surface area contributed by atoms with E-state index in [1.54, 1.807) is 12.5 Å². The minimum atomic E-state index is 0.0253. The van der Waals surface area contributed by atoms with Gasteiger partial charge in [-0.3, -0.25) is 4.79 Å². The van der Waals surface area contributed by atoms with E-state index in [1.165, 1.54) is 6.42 Å². The van der Waals surface area contributed by atoms with Crippen LogP contribution in [-0.2, 0) is 17.8 Å². The molecular weight excluding hydrogens is 254 g/mol. The van der Waals surface area contributed by atoms with Crippen LogP contribution in [0.4, 0.5) is 0 Å². The van der Waals surface area contributed by atoms with Gasteiger partial charge in [0.1, 0.15) is 11.5 Å². The van der Waals surface area contributed by atoms with Crippen molar-refractivity contribution in [2.24, 2.45) is 5.92 Å². The molecule has 106 valence electrons. The highest BCUT2D eigenvalue weighted by Crippen LogP contribution is 2.47. The van der Waals surface area contributed by atoms with Crippen molar-refractivity contribution in [3.05, 3.63) is 41.9 Å². The third-order valence-electron chi connectivity index (χ3n) is 3.79. The number of aryl methyl sites for hydroxylation is 1. The molecule has 1 fully saturated rings. The molecule has 0 bridgehead atoms. The van der Waals surface area contributed by atoms with E-state index in [9.17, 15) is 4.79 Å². The Morgan fingerprint density at radius 3 is 3.10 bits per heavy atom. The van der Waals surface area contributed by atoms with Crippen molar-refractivity contribution >= 4 is 5.91 Å². The van der Waals surface area contributed by atoms with Gasteiger partial charge in [-0.05, 0) is 24.5 Å². The van der Waals surface area contributed by atoms with Gasteiger partial charge in [-0.25, -0.2) is 4.98 Å². The summed E-state index contributed by atoms with van der Waals surface area (Å²) in [4.78, 5) is 18.6. The van der Waals surface area contributed by atoms with Crippen LogP contribution in [0.3, 0.4) is 0 Å². The number of nitrogens with zero attached hydrogens (tertiary/aromatic N) is 1. The van der Waals surface area contributed by atoms with Gasteiger partial charge >= 0.3 is 0 Å². The van der Waals surface area contributed by atoms with E-state index in [0.29, 0.717) is 25.3 Å². The molecule has 2 heterocycles. The SMILES string of the molecule is CC1CC1c1ccc(CCC(=O)NCc2cnc[nH]2)o1. The standard InChI is InChI=1S/C15H19N3O2/c1-10-6-13(10)14-4-2-12(20-14)3-5-15(19)17-8-11-7-16-9-18-11/h2,4,7,9-10,13H,3,5-6,8H2,1H3,(H,16,18)(H,17,19). The zero-order valence-corrected chi connectivity index (χ0v) is 11.6. The molecule has 5 heteroatoms. The van der Waals surface area contributed by atoms with Gasteiger partial charge < -0.3 is 14.7 Å². The Bertz CT molecular complexity index is 574. The lowest BCUT2D eigenvalue weighted by Crippen LogP contribution is -2.23. The molecule has 2 N–H and O–H groups in total. The molecule has 3 rings (SSSR count). The maximum absolute atomic E-state index is 11.7. The summed E-state index contributed by atoms with van der Waals surface area (Å²) >= 11 is 0. The highest BCUT2D eigenvalue weighted by molar-refractivity contribution is 5.75. The van der Waals surface area contributed by atoms with Gasteiger partial charge in [0.05, 0.1) is 18.6 Å². The molecule has 2 unspecified atom stereocenters. The Morgan fingerprint density at radius 2 is 2.40 bits per heavy atom. The molecule has 0 radical (unpaired) electrons. The van der Waals surface area contributed by atoms with Crippen LogP contribution >= 0.6 is 0 Å². The third-order valence-corrected chi connectivity index (χ3v) is 3.79. The fraction of sp³-hybridized carbons (Fsp3) is 0.467. The summed E-state index contributed by atoms with van der Waals surface area (Å²) in [6.45, 7) is 2.72. The molecular formula is C15H19N3O2. The van der Waals surface area contributed by atoms with E-state index in [-0.39, 0.29) is 5.91 Å². The lowest BCUT2D eigenvalue weighted by Gasteiger charge is -2.02. The van der Waals surface area contributed by atoms with Gasteiger partial charge in [0, 0.05) is 25.0 Å². The van der Waals surface area contributed by atoms with Gasteiger partial charge in [-0.2, -0.15) is 0 Å². The van der Waals surface area contributed by atoms with Crippen LogP contribution < -0.4 is 5.32 Å². The number of hydrogen-bond acceptors (Lipinski definition) is 3. The summed E-state index contributed by atoms with van der Waals surface area (Å²) in [5.74, 6) is 3.34. The minimum absolute atomic E-state index is 0.0253. The molecule has 2 aromatic heterocycles. The lowest BCUT2D eigenvalue weighted by molar-refractivity contribution is -0.121. The molecule has 2 aromatic rings. The van der Waals surface area contributed by atoms with E-state index in [2.05, 4.69) is 22.2 Å². The lowest BCUT2D eigenvalue weighted by atomic mass is 10.2. The number of carbonyl (C=O) groups is 1. The van der Waals surface area contributed by atoms with Crippen molar-refractivity contribution in [2.75, 3.05) is 0 Å². The second-order valence-corrected chi connectivity index (χ2v) is 5.48. The van der Waals surface area contributed by atoms with Crippen molar-refractivity contribution in [1.29, 1.82) is 0 Å². The Morgan fingerprint density at radius 1 is 1.55 bits per heavy atom. The fourth-order valence-electron chi connectivity index (χ4n) is 2.35. The smallest absolute Gasteiger partial charge is 0.220 e. The Labute approximate surface area is 117 Å².